The molecular weight excluding hydrogens is 223 g/mol. The molecule has 0 bridgehead atoms. The molecule has 0 radical (unpaired) electrons. The molecule has 54 valence electrons. The zero-order valence-electron chi connectivity index (χ0n) is 5.79. The fourth-order valence-electron chi connectivity index (χ4n) is 0.942. The summed E-state index contributed by atoms with van der Waals surface area (Å²) >= 11 is 6.07. The third kappa shape index (κ3) is 2.42. The standard InChI is InChI=1S/C5H10N3S.Y/c6-5(9)8-3-1-7-2-4-8;/h1-4H2,(H2,6,9);/q-1;+1. The minimum absolute atomic E-state index is 0.550. The molecule has 1 fully saturated rings. The number of nitrogens with two attached hydrogens (primary N) is 1. The van der Waals surface area contributed by atoms with Crippen molar-refractivity contribution in [3.8, 4) is 0 Å². The first-order valence-electron chi connectivity index (χ1n) is 3.24. The Balaban J connectivity index is 2.33. The van der Waals surface area contributed by atoms with Gasteiger partial charge >= 0.3 is 87.5 Å². The van der Waals surface area contributed by atoms with Gasteiger partial charge in [-0.3, -0.25) is 0 Å². The summed E-state index contributed by atoms with van der Waals surface area (Å²) in [7, 11) is 0. The molecule has 1 rings (SSSR count). The fraction of sp³-hybridized carbons (Fsp3) is 0.800. The predicted octanol–water partition coefficient (Wildman–Crippen LogP) is -0.691. The van der Waals surface area contributed by atoms with Crippen LogP contribution in [-0.2, 0) is 31.3 Å². The van der Waals surface area contributed by atoms with Crippen molar-refractivity contribution in [2.45, 2.75) is 0 Å². The van der Waals surface area contributed by atoms with Crippen LogP contribution in [0.15, 0.2) is 0 Å². The topological polar surface area (TPSA) is 32.5 Å². The zero-order chi connectivity index (χ0) is 7.56. The van der Waals surface area contributed by atoms with Crippen molar-refractivity contribution in [3.05, 3.63) is 0 Å². The van der Waals surface area contributed by atoms with Gasteiger partial charge in [0.25, 0.3) is 0 Å². The van der Waals surface area contributed by atoms with Crippen LogP contribution >= 0.6 is 12.2 Å². The third-order valence-corrected chi connectivity index (χ3v) is 3.15. The Morgan fingerprint density at radius 3 is 2.20 bits per heavy atom. The molecule has 0 spiro atoms. The van der Waals surface area contributed by atoms with Crippen LogP contribution < -0.4 is 5.73 Å². The quantitative estimate of drug-likeness (QED) is 0.561. The van der Waals surface area contributed by atoms with Gasteiger partial charge in [-0.1, -0.05) is 0 Å². The minimum atomic E-state index is 0.550. The number of rotatable bonds is 0. The molecule has 0 amide bonds. The van der Waals surface area contributed by atoms with E-state index in [9.17, 15) is 0 Å². The molecule has 0 aromatic rings. The molecule has 0 atom stereocenters. The first-order valence-corrected chi connectivity index (χ1v) is 4.92. The Labute approximate surface area is 86.9 Å². The van der Waals surface area contributed by atoms with E-state index in [2.05, 4.69) is 6.93 Å². The van der Waals surface area contributed by atoms with Gasteiger partial charge in [-0.25, -0.2) is 0 Å². The summed E-state index contributed by atoms with van der Waals surface area (Å²) < 4.78 is 2.40. The average molecular weight is 233 g/mol. The fourth-order valence-corrected chi connectivity index (χ4v) is 1.69. The molecule has 2 N–H and O–H groups in total. The van der Waals surface area contributed by atoms with Crippen molar-refractivity contribution in [3.63, 3.8) is 0 Å². The Kier molecular flexibility index (Phi) is 3.50. The normalized spacial score (nSPS) is 20.9. The van der Waals surface area contributed by atoms with Crippen LogP contribution in [0.4, 0.5) is 0 Å². The third-order valence-electron chi connectivity index (χ3n) is 1.63. The van der Waals surface area contributed by atoms with Crippen molar-refractivity contribution in [2.24, 2.45) is 5.73 Å². The SMILES string of the molecule is NC(=S)N1CC[N]([Y])CC1. The van der Waals surface area contributed by atoms with Crippen LogP contribution in [0.1, 0.15) is 0 Å². The van der Waals surface area contributed by atoms with E-state index in [-0.39, 0.29) is 0 Å². The molecule has 0 aliphatic carbocycles. The second kappa shape index (κ2) is 3.95. The summed E-state index contributed by atoms with van der Waals surface area (Å²) in [5.74, 6) is 0. The van der Waals surface area contributed by atoms with E-state index in [4.69, 9.17) is 18.0 Å². The Morgan fingerprint density at radius 2 is 1.80 bits per heavy atom. The molecule has 0 unspecified atom stereocenters. The molecule has 1 aliphatic rings. The van der Waals surface area contributed by atoms with E-state index in [1.165, 1.54) is 31.3 Å². The van der Waals surface area contributed by atoms with E-state index in [1.54, 1.807) is 0 Å². The summed E-state index contributed by atoms with van der Waals surface area (Å²) in [4.78, 5) is 2.06. The molecule has 0 aromatic carbocycles. The van der Waals surface area contributed by atoms with Gasteiger partial charge in [0, 0.05) is 0 Å². The summed E-state index contributed by atoms with van der Waals surface area (Å²) in [6.07, 6.45) is 0. The van der Waals surface area contributed by atoms with Gasteiger partial charge in [-0.05, 0) is 0 Å². The maximum absolute atomic E-state index is 5.46. The van der Waals surface area contributed by atoms with Crippen LogP contribution in [0, 0.1) is 0 Å². The predicted molar refractivity (Wildman–Crippen MR) is 39.9 cm³/mol. The Bertz CT molecular complexity index is 133. The summed E-state index contributed by atoms with van der Waals surface area (Å²) in [5, 5.41) is 0.550. The monoisotopic (exact) mass is 233 g/mol. The second-order valence-corrected chi connectivity index (χ2v) is 4.57. The molecule has 1 aliphatic heterocycles. The van der Waals surface area contributed by atoms with Crippen LogP contribution in [0.5, 0.6) is 0 Å². The van der Waals surface area contributed by atoms with Crippen molar-refractivity contribution >= 4 is 17.3 Å². The molecule has 1 saturated heterocycles. The van der Waals surface area contributed by atoms with Crippen molar-refractivity contribution < 1.29 is 31.3 Å². The van der Waals surface area contributed by atoms with Gasteiger partial charge in [0.05, 0.1) is 0 Å². The molecule has 1 heterocycles. The van der Waals surface area contributed by atoms with Gasteiger partial charge in [0.2, 0.25) is 0 Å². The number of thiocarbonyl (C=S) groups is 1. The number of hydrogen-bond acceptors (Lipinski definition) is 2. The van der Waals surface area contributed by atoms with E-state index >= 15 is 0 Å². The zero-order valence-corrected chi connectivity index (χ0v) is 9.44. The van der Waals surface area contributed by atoms with E-state index in [0.29, 0.717) is 5.11 Å². The van der Waals surface area contributed by atoms with Crippen molar-refractivity contribution in [1.29, 1.82) is 0 Å². The molecule has 0 aromatic heterocycles. The van der Waals surface area contributed by atoms with Crippen LogP contribution in [-0.4, -0.2) is 38.2 Å². The van der Waals surface area contributed by atoms with Crippen LogP contribution in [0.2, 0.25) is 0 Å². The summed E-state index contributed by atoms with van der Waals surface area (Å²) in [6.45, 7) is 4.27. The number of nitrogens with zero attached hydrogens (tertiary/aromatic N) is 2. The number of piperazine rings is 1. The van der Waals surface area contributed by atoms with Crippen LogP contribution in [0.3, 0.4) is 0 Å². The van der Waals surface area contributed by atoms with Crippen LogP contribution in [0.25, 0.3) is 0 Å². The molecule has 10 heavy (non-hydrogen) atoms. The van der Waals surface area contributed by atoms with Crippen molar-refractivity contribution in [2.75, 3.05) is 26.2 Å². The molecule has 0 saturated carbocycles. The van der Waals surface area contributed by atoms with Crippen molar-refractivity contribution in [1.82, 2.24) is 6.93 Å². The summed E-state index contributed by atoms with van der Waals surface area (Å²) in [6, 6.07) is 0. The van der Waals surface area contributed by atoms with E-state index < -0.39 is 0 Å². The Morgan fingerprint density at radius 1 is 1.30 bits per heavy atom. The molecular formula is C5H10N3SY. The molecule has 5 heteroatoms. The van der Waals surface area contributed by atoms with E-state index in [0.717, 1.165) is 26.2 Å². The summed E-state index contributed by atoms with van der Waals surface area (Å²) in [5.41, 5.74) is 5.46. The Hall–Kier alpha value is 0.754. The first kappa shape index (κ1) is 8.85. The maximum atomic E-state index is 5.46. The van der Waals surface area contributed by atoms with Gasteiger partial charge in [-0.2, -0.15) is 0 Å². The second-order valence-electron chi connectivity index (χ2n) is 2.36. The van der Waals surface area contributed by atoms with Gasteiger partial charge < -0.3 is 0 Å². The molecule has 3 nitrogen and oxygen atoms in total. The first-order chi connectivity index (χ1) is 4.70. The number of hydrogen-bond donors (Lipinski definition) is 1. The van der Waals surface area contributed by atoms with Gasteiger partial charge in [0.1, 0.15) is 0 Å². The van der Waals surface area contributed by atoms with Gasteiger partial charge in [0.15, 0.2) is 0 Å². The van der Waals surface area contributed by atoms with Gasteiger partial charge in [-0.15, -0.1) is 0 Å². The average Bonchev–Trinajstić information content (AvgIpc) is 1.88. The van der Waals surface area contributed by atoms with E-state index in [1.807, 2.05) is 0 Å².